The van der Waals surface area contributed by atoms with Gasteiger partial charge in [-0.15, -0.1) is 11.3 Å². The fourth-order valence-electron chi connectivity index (χ4n) is 2.07. The molecule has 0 aliphatic carbocycles. The minimum absolute atomic E-state index is 0.137. The van der Waals surface area contributed by atoms with E-state index < -0.39 is 10.0 Å². The van der Waals surface area contributed by atoms with Crippen molar-refractivity contribution in [2.45, 2.75) is 24.3 Å². The van der Waals surface area contributed by atoms with Gasteiger partial charge in [-0.2, -0.15) is 4.31 Å². The second kappa shape index (κ2) is 6.73. The molecular formula is C12H20N4O3S2. The Labute approximate surface area is 128 Å². The highest BCUT2D eigenvalue weighted by atomic mass is 32.2. The van der Waals surface area contributed by atoms with Crippen LogP contribution >= 0.6 is 11.3 Å². The number of hydrogen-bond acceptors (Lipinski definition) is 6. The molecule has 0 atom stereocenters. The number of anilines is 1. The van der Waals surface area contributed by atoms with Crippen molar-refractivity contribution < 1.29 is 13.5 Å². The Morgan fingerprint density at radius 2 is 2.19 bits per heavy atom. The summed E-state index contributed by atoms with van der Waals surface area (Å²) < 4.78 is 28.4. The minimum atomic E-state index is -3.61. The van der Waals surface area contributed by atoms with Gasteiger partial charge in [-0.05, 0) is 19.3 Å². The maximum absolute atomic E-state index is 12.7. The lowest BCUT2D eigenvalue weighted by Crippen LogP contribution is -2.29. The van der Waals surface area contributed by atoms with Crippen LogP contribution in [-0.4, -0.2) is 54.5 Å². The third kappa shape index (κ3) is 3.20. The van der Waals surface area contributed by atoms with Crippen molar-refractivity contribution in [3.8, 4) is 0 Å². The SMILES string of the molecule is CNc1nc2sccn2c1S(=O)(=O)N(C)CCCCCO. The third-order valence-electron chi connectivity index (χ3n) is 3.24. The van der Waals surface area contributed by atoms with E-state index in [1.165, 1.54) is 15.6 Å². The fraction of sp³-hybridized carbons (Fsp3) is 0.583. The number of nitrogens with zero attached hydrogens (tertiary/aromatic N) is 3. The molecule has 0 radical (unpaired) electrons. The van der Waals surface area contributed by atoms with Crippen LogP contribution in [0.25, 0.3) is 4.96 Å². The molecule has 21 heavy (non-hydrogen) atoms. The molecule has 2 N–H and O–H groups in total. The van der Waals surface area contributed by atoms with E-state index in [0.29, 0.717) is 23.7 Å². The predicted octanol–water partition coefficient (Wildman–Crippen LogP) is 1.22. The zero-order valence-corrected chi connectivity index (χ0v) is 13.7. The van der Waals surface area contributed by atoms with E-state index in [-0.39, 0.29) is 11.6 Å². The van der Waals surface area contributed by atoms with Crippen LogP contribution in [0.1, 0.15) is 19.3 Å². The Balaban J connectivity index is 2.26. The monoisotopic (exact) mass is 332 g/mol. The molecule has 2 aromatic rings. The van der Waals surface area contributed by atoms with E-state index in [4.69, 9.17) is 5.11 Å². The summed E-state index contributed by atoms with van der Waals surface area (Å²) in [4.78, 5) is 4.93. The number of unbranched alkanes of at least 4 members (excludes halogenated alkanes) is 2. The quantitative estimate of drug-likeness (QED) is 0.710. The molecule has 2 rings (SSSR count). The highest BCUT2D eigenvalue weighted by molar-refractivity contribution is 7.89. The Morgan fingerprint density at radius 3 is 2.86 bits per heavy atom. The lowest BCUT2D eigenvalue weighted by atomic mass is 10.2. The van der Waals surface area contributed by atoms with Gasteiger partial charge in [0.15, 0.2) is 15.8 Å². The summed E-state index contributed by atoms with van der Waals surface area (Å²) in [5.74, 6) is 0.365. The normalized spacial score (nSPS) is 12.4. The molecule has 0 saturated heterocycles. The van der Waals surface area contributed by atoms with Crippen LogP contribution in [0.5, 0.6) is 0 Å². The standard InChI is InChI=1S/C12H20N4O3S2/c1-13-10-11(16-7-9-20-12(16)14-10)21(18,19)15(2)6-4-3-5-8-17/h7,9,13,17H,3-6,8H2,1-2H3. The summed E-state index contributed by atoms with van der Waals surface area (Å²) in [6.45, 7) is 0.557. The number of imidazole rings is 1. The van der Waals surface area contributed by atoms with Gasteiger partial charge >= 0.3 is 0 Å². The van der Waals surface area contributed by atoms with Crippen molar-refractivity contribution in [1.82, 2.24) is 13.7 Å². The van der Waals surface area contributed by atoms with E-state index in [1.54, 1.807) is 24.7 Å². The Hall–Kier alpha value is -1.16. The molecule has 0 unspecified atom stereocenters. The first-order valence-corrected chi connectivity index (χ1v) is 9.05. The summed E-state index contributed by atoms with van der Waals surface area (Å²) in [6, 6.07) is 0. The van der Waals surface area contributed by atoms with Gasteiger partial charge in [0.05, 0.1) is 0 Å². The van der Waals surface area contributed by atoms with Gasteiger partial charge in [0.25, 0.3) is 10.0 Å². The zero-order chi connectivity index (χ0) is 15.5. The number of aromatic nitrogens is 2. The van der Waals surface area contributed by atoms with Gasteiger partial charge in [-0.3, -0.25) is 4.40 Å². The first-order chi connectivity index (χ1) is 10.0. The molecule has 0 aliphatic heterocycles. The number of nitrogens with one attached hydrogen (secondary N) is 1. The summed E-state index contributed by atoms with van der Waals surface area (Å²) in [5, 5.41) is 13.6. The summed E-state index contributed by atoms with van der Waals surface area (Å²) in [6.07, 6.45) is 3.92. The molecule has 0 aromatic carbocycles. The minimum Gasteiger partial charge on any atom is -0.396 e. The number of hydrogen-bond donors (Lipinski definition) is 2. The molecule has 0 bridgehead atoms. The summed E-state index contributed by atoms with van der Waals surface area (Å²) in [5.41, 5.74) is 0. The first-order valence-electron chi connectivity index (χ1n) is 6.73. The molecule has 2 aromatic heterocycles. The second-order valence-corrected chi connectivity index (χ2v) is 7.52. The van der Waals surface area contributed by atoms with Gasteiger partial charge < -0.3 is 10.4 Å². The number of aliphatic hydroxyl groups excluding tert-OH is 1. The van der Waals surface area contributed by atoms with E-state index in [0.717, 1.165) is 12.8 Å². The number of thiazole rings is 1. The maximum atomic E-state index is 12.7. The van der Waals surface area contributed by atoms with Crippen LogP contribution in [0.15, 0.2) is 16.6 Å². The average molecular weight is 332 g/mol. The predicted molar refractivity (Wildman–Crippen MR) is 83.4 cm³/mol. The first kappa shape index (κ1) is 16.2. The van der Waals surface area contributed by atoms with E-state index >= 15 is 0 Å². The molecule has 7 nitrogen and oxygen atoms in total. The highest BCUT2D eigenvalue weighted by Gasteiger charge is 2.29. The Kier molecular flexibility index (Phi) is 5.20. The van der Waals surface area contributed by atoms with Crippen LogP contribution in [0, 0.1) is 0 Å². The lowest BCUT2D eigenvalue weighted by Gasteiger charge is -2.17. The van der Waals surface area contributed by atoms with E-state index in [1.807, 2.05) is 5.38 Å². The molecule has 0 fully saturated rings. The summed E-state index contributed by atoms with van der Waals surface area (Å²) in [7, 11) is -0.378. The van der Waals surface area contributed by atoms with E-state index in [9.17, 15) is 8.42 Å². The van der Waals surface area contributed by atoms with Crippen LogP contribution in [0.3, 0.4) is 0 Å². The smallest absolute Gasteiger partial charge is 0.262 e. The van der Waals surface area contributed by atoms with Crippen molar-refractivity contribution in [2.75, 3.05) is 32.6 Å². The molecule has 9 heteroatoms. The Morgan fingerprint density at radius 1 is 1.43 bits per heavy atom. The molecule has 118 valence electrons. The van der Waals surface area contributed by atoms with Gasteiger partial charge in [-0.25, -0.2) is 13.4 Å². The molecule has 0 aliphatic rings. The third-order valence-corrected chi connectivity index (χ3v) is 5.88. The molecule has 0 amide bonds. The molecular weight excluding hydrogens is 312 g/mol. The van der Waals surface area contributed by atoms with Crippen LogP contribution in [0.2, 0.25) is 0 Å². The number of aliphatic hydroxyl groups is 1. The lowest BCUT2D eigenvalue weighted by molar-refractivity contribution is 0.281. The largest absolute Gasteiger partial charge is 0.396 e. The molecule has 0 spiro atoms. The van der Waals surface area contributed by atoms with Crippen LogP contribution in [-0.2, 0) is 10.0 Å². The van der Waals surface area contributed by atoms with E-state index in [2.05, 4.69) is 10.3 Å². The van der Waals surface area contributed by atoms with Gasteiger partial charge in [0.2, 0.25) is 0 Å². The summed E-state index contributed by atoms with van der Waals surface area (Å²) >= 11 is 1.39. The number of sulfonamides is 1. The van der Waals surface area contributed by atoms with Crippen molar-refractivity contribution in [3.05, 3.63) is 11.6 Å². The number of rotatable bonds is 8. The zero-order valence-electron chi connectivity index (χ0n) is 12.1. The van der Waals surface area contributed by atoms with Crippen molar-refractivity contribution >= 4 is 32.1 Å². The van der Waals surface area contributed by atoms with Gasteiger partial charge in [0, 0.05) is 38.8 Å². The Bertz CT molecular complexity index is 692. The maximum Gasteiger partial charge on any atom is 0.262 e. The topological polar surface area (TPSA) is 86.9 Å². The van der Waals surface area contributed by atoms with Crippen LogP contribution in [0.4, 0.5) is 5.82 Å². The fourth-order valence-corrected chi connectivity index (χ4v) is 4.29. The van der Waals surface area contributed by atoms with Crippen molar-refractivity contribution in [2.24, 2.45) is 0 Å². The number of fused-ring (bicyclic) bond motifs is 1. The van der Waals surface area contributed by atoms with Crippen molar-refractivity contribution in [3.63, 3.8) is 0 Å². The molecule has 0 saturated carbocycles. The highest BCUT2D eigenvalue weighted by Crippen LogP contribution is 2.27. The van der Waals surface area contributed by atoms with Gasteiger partial charge in [-0.1, -0.05) is 0 Å². The van der Waals surface area contributed by atoms with Crippen LogP contribution < -0.4 is 5.32 Å². The van der Waals surface area contributed by atoms with Gasteiger partial charge in [0.1, 0.15) is 0 Å². The van der Waals surface area contributed by atoms with Crippen molar-refractivity contribution in [1.29, 1.82) is 0 Å². The average Bonchev–Trinajstić information content (AvgIpc) is 3.02. The molecule has 2 heterocycles. The second-order valence-electron chi connectivity index (χ2n) is 4.68.